The Labute approximate surface area is 146 Å². The highest BCUT2D eigenvalue weighted by Gasteiger charge is 2.13. The van der Waals surface area contributed by atoms with Crippen molar-refractivity contribution in [2.24, 2.45) is 0 Å². The molecule has 0 atom stereocenters. The van der Waals surface area contributed by atoms with E-state index in [0.717, 1.165) is 29.8 Å². The van der Waals surface area contributed by atoms with Crippen LogP contribution in [0.1, 0.15) is 29.5 Å². The molecule has 2 aromatic heterocycles. The SMILES string of the molecule is CCOc1ncccc1C(=O)NCCCn1c(C)nc2ccccc21. The van der Waals surface area contributed by atoms with Gasteiger partial charge in [-0.15, -0.1) is 0 Å². The Morgan fingerprint density at radius 2 is 2.08 bits per heavy atom. The molecule has 1 aromatic carbocycles. The summed E-state index contributed by atoms with van der Waals surface area (Å²) in [6.07, 6.45) is 2.44. The Kier molecular flexibility index (Phi) is 5.28. The second kappa shape index (κ2) is 7.79. The number of para-hydroxylation sites is 2. The Morgan fingerprint density at radius 1 is 1.24 bits per heavy atom. The van der Waals surface area contributed by atoms with Crippen LogP contribution in [-0.4, -0.2) is 33.6 Å². The number of fused-ring (bicyclic) bond motifs is 1. The lowest BCUT2D eigenvalue weighted by Gasteiger charge is -2.10. The summed E-state index contributed by atoms with van der Waals surface area (Å²) in [5, 5.41) is 2.94. The van der Waals surface area contributed by atoms with E-state index in [0.29, 0.717) is 24.6 Å². The molecule has 25 heavy (non-hydrogen) atoms. The molecule has 0 bridgehead atoms. The number of imidazole rings is 1. The van der Waals surface area contributed by atoms with E-state index in [4.69, 9.17) is 4.74 Å². The van der Waals surface area contributed by atoms with Crippen molar-refractivity contribution in [3.8, 4) is 5.88 Å². The normalized spacial score (nSPS) is 10.8. The van der Waals surface area contributed by atoms with Gasteiger partial charge in [-0.25, -0.2) is 9.97 Å². The lowest BCUT2D eigenvalue weighted by atomic mass is 10.2. The highest BCUT2D eigenvalue weighted by Crippen LogP contribution is 2.16. The summed E-state index contributed by atoms with van der Waals surface area (Å²) in [4.78, 5) is 21.0. The van der Waals surface area contributed by atoms with E-state index < -0.39 is 0 Å². The van der Waals surface area contributed by atoms with Crippen molar-refractivity contribution in [1.29, 1.82) is 0 Å². The van der Waals surface area contributed by atoms with Gasteiger partial charge < -0.3 is 14.6 Å². The van der Waals surface area contributed by atoms with Gasteiger partial charge in [0.1, 0.15) is 11.4 Å². The molecule has 0 saturated carbocycles. The maximum Gasteiger partial charge on any atom is 0.256 e. The summed E-state index contributed by atoms with van der Waals surface area (Å²) in [5.74, 6) is 1.20. The van der Waals surface area contributed by atoms with Gasteiger partial charge >= 0.3 is 0 Å². The fourth-order valence-electron chi connectivity index (χ4n) is 2.83. The average molecular weight is 338 g/mol. The van der Waals surface area contributed by atoms with Gasteiger partial charge in [-0.2, -0.15) is 0 Å². The smallest absolute Gasteiger partial charge is 0.256 e. The third-order valence-electron chi connectivity index (χ3n) is 3.99. The minimum atomic E-state index is -0.163. The molecular weight excluding hydrogens is 316 g/mol. The molecule has 0 aliphatic carbocycles. The maximum absolute atomic E-state index is 12.3. The summed E-state index contributed by atoms with van der Waals surface area (Å²) in [7, 11) is 0. The highest BCUT2D eigenvalue weighted by atomic mass is 16.5. The first-order valence-corrected chi connectivity index (χ1v) is 8.48. The predicted molar refractivity (Wildman–Crippen MR) is 96.8 cm³/mol. The lowest BCUT2D eigenvalue weighted by molar-refractivity contribution is 0.0948. The summed E-state index contributed by atoms with van der Waals surface area (Å²) in [6, 6.07) is 11.5. The molecule has 6 heteroatoms. The number of amides is 1. The topological polar surface area (TPSA) is 69.0 Å². The molecule has 3 aromatic rings. The molecule has 0 aliphatic heterocycles. The number of carbonyl (C=O) groups is 1. The van der Waals surface area contributed by atoms with E-state index in [1.165, 1.54) is 0 Å². The van der Waals surface area contributed by atoms with Crippen molar-refractivity contribution in [3.05, 3.63) is 54.0 Å². The summed E-state index contributed by atoms with van der Waals surface area (Å²) < 4.78 is 7.58. The summed E-state index contributed by atoms with van der Waals surface area (Å²) >= 11 is 0. The summed E-state index contributed by atoms with van der Waals surface area (Å²) in [5.41, 5.74) is 2.59. The van der Waals surface area contributed by atoms with E-state index in [1.807, 2.05) is 32.0 Å². The molecule has 2 heterocycles. The van der Waals surface area contributed by atoms with Crippen LogP contribution in [0.5, 0.6) is 5.88 Å². The van der Waals surface area contributed by atoms with Crippen LogP contribution in [0.25, 0.3) is 11.0 Å². The lowest BCUT2D eigenvalue weighted by Crippen LogP contribution is -2.26. The number of rotatable bonds is 7. The third-order valence-corrected chi connectivity index (χ3v) is 3.99. The van der Waals surface area contributed by atoms with Crippen molar-refractivity contribution < 1.29 is 9.53 Å². The Morgan fingerprint density at radius 3 is 2.92 bits per heavy atom. The number of ether oxygens (including phenoxy) is 1. The van der Waals surface area contributed by atoms with Gasteiger partial charge in [-0.3, -0.25) is 4.79 Å². The maximum atomic E-state index is 12.3. The van der Waals surface area contributed by atoms with Gasteiger partial charge in [-0.05, 0) is 44.5 Å². The zero-order valence-electron chi connectivity index (χ0n) is 14.5. The van der Waals surface area contributed by atoms with Crippen LogP contribution in [0.15, 0.2) is 42.6 Å². The quantitative estimate of drug-likeness (QED) is 0.673. The van der Waals surface area contributed by atoms with Crippen LogP contribution in [0.2, 0.25) is 0 Å². The number of nitrogens with zero attached hydrogens (tertiary/aromatic N) is 3. The fourth-order valence-corrected chi connectivity index (χ4v) is 2.83. The van der Waals surface area contributed by atoms with Gasteiger partial charge in [0.15, 0.2) is 0 Å². The molecule has 0 aliphatic rings. The number of aryl methyl sites for hydroxylation is 2. The second-order valence-corrected chi connectivity index (χ2v) is 5.70. The minimum Gasteiger partial charge on any atom is -0.477 e. The molecule has 1 amide bonds. The Hall–Kier alpha value is -2.89. The van der Waals surface area contributed by atoms with Gasteiger partial charge in [0.25, 0.3) is 5.91 Å². The standard InChI is InChI=1S/C19H22N4O2/c1-3-25-19-15(8-6-11-21-19)18(24)20-12-7-13-23-14(2)22-16-9-4-5-10-17(16)23/h4-6,8-11H,3,7,12-13H2,1-2H3,(H,20,24). The first-order chi connectivity index (χ1) is 12.2. The molecule has 0 radical (unpaired) electrons. The van der Waals surface area contributed by atoms with Gasteiger partial charge in [0.05, 0.1) is 17.6 Å². The second-order valence-electron chi connectivity index (χ2n) is 5.70. The van der Waals surface area contributed by atoms with Crippen LogP contribution in [0.3, 0.4) is 0 Å². The Balaban J connectivity index is 1.58. The molecule has 1 N–H and O–H groups in total. The van der Waals surface area contributed by atoms with Crippen LogP contribution in [0, 0.1) is 6.92 Å². The number of hydrogen-bond acceptors (Lipinski definition) is 4. The van der Waals surface area contributed by atoms with Crippen LogP contribution in [0.4, 0.5) is 0 Å². The first-order valence-electron chi connectivity index (χ1n) is 8.48. The van der Waals surface area contributed by atoms with E-state index >= 15 is 0 Å². The zero-order valence-corrected chi connectivity index (χ0v) is 14.5. The van der Waals surface area contributed by atoms with E-state index in [2.05, 4.69) is 25.9 Å². The van der Waals surface area contributed by atoms with Crippen molar-refractivity contribution >= 4 is 16.9 Å². The largest absolute Gasteiger partial charge is 0.477 e. The van der Waals surface area contributed by atoms with Crippen molar-refractivity contribution in [1.82, 2.24) is 19.9 Å². The molecule has 6 nitrogen and oxygen atoms in total. The zero-order chi connectivity index (χ0) is 17.6. The van der Waals surface area contributed by atoms with E-state index in [9.17, 15) is 4.79 Å². The average Bonchev–Trinajstić information content (AvgIpc) is 2.94. The van der Waals surface area contributed by atoms with Gasteiger partial charge in [0.2, 0.25) is 5.88 Å². The molecule has 0 spiro atoms. The van der Waals surface area contributed by atoms with Crippen molar-refractivity contribution in [2.45, 2.75) is 26.8 Å². The number of hydrogen-bond donors (Lipinski definition) is 1. The molecule has 0 fully saturated rings. The number of aromatic nitrogens is 3. The molecule has 130 valence electrons. The molecule has 3 rings (SSSR count). The van der Waals surface area contributed by atoms with Gasteiger partial charge in [0, 0.05) is 19.3 Å². The number of nitrogens with one attached hydrogen (secondary N) is 1. The third kappa shape index (κ3) is 3.79. The van der Waals surface area contributed by atoms with Crippen molar-refractivity contribution in [2.75, 3.05) is 13.2 Å². The van der Waals surface area contributed by atoms with Gasteiger partial charge in [-0.1, -0.05) is 12.1 Å². The first kappa shape index (κ1) is 17.0. The number of pyridine rings is 1. The number of carbonyl (C=O) groups excluding carboxylic acids is 1. The fraction of sp³-hybridized carbons (Fsp3) is 0.316. The number of benzene rings is 1. The predicted octanol–water partition coefficient (Wildman–Crippen LogP) is 2.96. The monoisotopic (exact) mass is 338 g/mol. The molecular formula is C19H22N4O2. The Bertz CT molecular complexity index is 873. The summed E-state index contributed by atoms with van der Waals surface area (Å²) in [6.45, 7) is 5.73. The minimum absolute atomic E-state index is 0.163. The molecule has 0 saturated heterocycles. The van der Waals surface area contributed by atoms with Crippen molar-refractivity contribution in [3.63, 3.8) is 0 Å². The highest BCUT2D eigenvalue weighted by molar-refractivity contribution is 5.96. The van der Waals surface area contributed by atoms with Crippen LogP contribution >= 0.6 is 0 Å². The molecule has 0 unspecified atom stereocenters. The van der Waals surface area contributed by atoms with Crippen LogP contribution in [-0.2, 0) is 6.54 Å². The van der Waals surface area contributed by atoms with Crippen LogP contribution < -0.4 is 10.1 Å². The van der Waals surface area contributed by atoms with E-state index in [1.54, 1.807) is 18.3 Å². The van der Waals surface area contributed by atoms with E-state index in [-0.39, 0.29) is 5.91 Å².